The van der Waals surface area contributed by atoms with Crippen molar-refractivity contribution in [2.24, 2.45) is 0 Å². The minimum atomic E-state index is -5.76. The van der Waals surface area contributed by atoms with E-state index in [-0.39, 0.29) is 6.20 Å². The number of hydrogen-bond donors (Lipinski definition) is 0. The first-order chi connectivity index (χ1) is 9.64. The maximum Gasteiger partial charge on any atom is 0.573 e. The number of hydrogen-bond acceptors (Lipinski definition) is 6. The Morgan fingerprint density at radius 2 is 1.73 bits per heavy atom. The van der Waals surface area contributed by atoms with Gasteiger partial charge in [0.2, 0.25) is 5.75 Å². The van der Waals surface area contributed by atoms with Crippen molar-refractivity contribution < 1.29 is 44.4 Å². The molecule has 7 nitrogen and oxygen atoms in total. The molecule has 0 bridgehead atoms. The maximum atomic E-state index is 12.6. The predicted molar refractivity (Wildman–Crippen MR) is 55.6 cm³/mol. The van der Waals surface area contributed by atoms with Crippen molar-refractivity contribution in [1.29, 1.82) is 0 Å². The van der Waals surface area contributed by atoms with Gasteiger partial charge < -0.3 is 4.74 Å². The minimum absolute atomic E-state index is 0.372. The van der Waals surface area contributed by atoms with E-state index in [0.29, 0.717) is 0 Å². The lowest BCUT2D eigenvalue weighted by molar-refractivity contribution is -0.392. The minimum Gasteiger partial charge on any atom is -0.398 e. The molecule has 0 aliphatic heterocycles. The molecule has 0 fully saturated rings. The molecular formula is C7HClF6N2O5S. The topological polar surface area (TPSA) is 99.4 Å². The van der Waals surface area contributed by atoms with Crippen molar-refractivity contribution in [2.75, 3.05) is 0 Å². The number of nitrogens with zero attached hydrogens (tertiary/aromatic N) is 2. The lowest BCUT2D eigenvalue weighted by Crippen LogP contribution is -2.22. The Labute approximate surface area is 121 Å². The molecule has 0 radical (unpaired) electrons. The van der Waals surface area contributed by atoms with Crippen molar-refractivity contribution in [2.45, 2.75) is 17.6 Å². The molecule has 0 aliphatic rings. The number of ether oxygens (including phenoxy) is 1. The molecule has 0 aliphatic carbocycles. The number of nitro groups is 1. The van der Waals surface area contributed by atoms with Gasteiger partial charge in [0.25, 0.3) is 14.1 Å². The molecule has 0 atom stereocenters. The molecular weight excluding hydrogens is 374 g/mol. The van der Waals surface area contributed by atoms with Crippen LogP contribution in [-0.4, -0.2) is 24.7 Å². The summed E-state index contributed by atoms with van der Waals surface area (Å²) in [6.45, 7) is 0. The van der Waals surface area contributed by atoms with E-state index in [0.717, 1.165) is 0 Å². The first kappa shape index (κ1) is 18.2. The van der Waals surface area contributed by atoms with E-state index in [1.165, 1.54) is 0 Å². The summed E-state index contributed by atoms with van der Waals surface area (Å²) in [5.41, 5.74) is -4.47. The molecule has 0 unspecified atom stereocenters. The molecule has 1 aromatic rings. The third kappa shape index (κ3) is 4.09. The van der Waals surface area contributed by atoms with Crippen LogP contribution < -0.4 is 4.74 Å². The zero-order valence-corrected chi connectivity index (χ0v) is 11.1. The fourth-order valence-electron chi connectivity index (χ4n) is 1.23. The number of rotatable bonds is 3. The van der Waals surface area contributed by atoms with Crippen LogP contribution in [0.1, 0.15) is 5.56 Å². The van der Waals surface area contributed by atoms with Gasteiger partial charge in [0.15, 0.2) is 0 Å². The van der Waals surface area contributed by atoms with Crippen molar-refractivity contribution in [3.05, 3.63) is 21.9 Å². The van der Waals surface area contributed by atoms with Crippen LogP contribution in [0.4, 0.5) is 32.0 Å². The summed E-state index contributed by atoms with van der Waals surface area (Å²) in [4.78, 5) is 11.4. The Bertz CT molecular complexity index is 715. The number of aromatic nitrogens is 1. The molecule has 22 heavy (non-hydrogen) atoms. The van der Waals surface area contributed by atoms with Gasteiger partial charge in [-0.3, -0.25) is 10.1 Å². The van der Waals surface area contributed by atoms with Crippen LogP contribution in [0.25, 0.3) is 0 Å². The third-order valence-electron chi connectivity index (χ3n) is 1.91. The van der Waals surface area contributed by atoms with Crippen LogP contribution in [0.3, 0.4) is 0 Å². The van der Waals surface area contributed by atoms with Crippen molar-refractivity contribution in [3.63, 3.8) is 0 Å². The van der Waals surface area contributed by atoms with Crippen LogP contribution in [0.15, 0.2) is 11.2 Å². The van der Waals surface area contributed by atoms with E-state index in [1.54, 1.807) is 0 Å². The van der Waals surface area contributed by atoms with Crippen LogP contribution in [-0.2, 0) is 15.2 Å². The lowest BCUT2D eigenvalue weighted by atomic mass is 10.2. The molecule has 0 amide bonds. The highest BCUT2D eigenvalue weighted by molar-refractivity contribution is 8.13. The maximum absolute atomic E-state index is 12.6. The van der Waals surface area contributed by atoms with E-state index in [2.05, 4.69) is 9.72 Å². The second kappa shape index (κ2) is 5.42. The van der Waals surface area contributed by atoms with Gasteiger partial charge >= 0.3 is 18.2 Å². The average Bonchev–Trinajstić information content (AvgIpc) is 2.22. The zero-order chi connectivity index (χ0) is 17.5. The predicted octanol–water partition coefficient (Wildman–Crippen LogP) is 2.83. The van der Waals surface area contributed by atoms with Gasteiger partial charge in [-0.1, -0.05) is 0 Å². The highest BCUT2D eigenvalue weighted by Crippen LogP contribution is 2.45. The number of alkyl halides is 6. The molecule has 1 heterocycles. The monoisotopic (exact) mass is 374 g/mol. The summed E-state index contributed by atoms with van der Waals surface area (Å²) in [5, 5.41) is 8.87. The quantitative estimate of drug-likeness (QED) is 0.349. The number of pyridine rings is 1. The summed E-state index contributed by atoms with van der Waals surface area (Å²) in [6.07, 6.45) is -11.7. The highest BCUT2D eigenvalue weighted by atomic mass is 35.7. The van der Waals surface area contributed by atoms with Crippen LogP contribution in [0.2, 0.25) is 0 Å². The average molecular weight is 375 g/mol. The molecule has 1 aromatic heterocycles. The number of halogens is 7. The van der Waals surface area contributed by atoms with Crippen LogP contribution in [0.5, 0.6) is 5.75 Å². The van der Waals surface area contributed by atoms with Crippen LogP contribution >= 0.6 is 10.7 Å². The molecule has 1 rings (SSSR count). The fraction of sp³-hybridized carbons (Fsp3) is 0.286. The van der Waals surface area contributed by atoms with E-state index in [1.807, 2.05) is 0 Å². The van der Waals surface area contributed by atoms with Gasteiger partial charge in [0.05, 0.1) is 4.92 Å². The van der Waals surface area contributed by atoms with E-state index < -0.39 is 48.5 Å². The largest absolute Gasteiger partial charge is 0.573 e. The fourth-order valence-corrected chi connectivity index (χ4v) is 2.14. The second-order valence-corrected chi connectivity index (χ2v) is 5.88. The summed E-state index contributed by atoms with van der Waals surface area (Å²) in [6, 6.07) is 0. The summed E-state index contributed by atoms with van der Waals surface area (Å²) in [7, 11) is -0.409. The van der Waals surface area contributed by atoms with Crippen LogP contribution in [0, 0.1) is 10.1 Å². The zero-order valence-electron chi connectivity index (χ0n) is 9.57. The normalized spacial score (nSPS) is 13.0. The highest BCUT2D eigenvalue weighted by Gasteiger charge is 2.46. The SMILES string of the molecule is O=[N+]([O-])c1c(S(=O)(=O)Cl)ncc(C(F)(F)F)c1OC(F)(F)F. The molecule has 0 N–H and O–H groups in total. The third-order valence-corrected chi connectivity index (χ3v) is 3.11. The first-order valence-corrected chi connectivity index (χ1v) is 6.90. The molecule has 0 aromatic carbocycles. The molecule has 15 heteroatoms. The first-order valence-electron chi connectivity index (χ1n) is 4.59. The Morgan fingerprint density at radius 1 is 1.23 bits per heavy atom. The molecule has 0 spiro atoms. The van der Waals surface area contributed by atoms with Crippen molar-refractivity contribution >= 4 is 25.4 Å². The molecule has 0 saturated carbocycles. The molecule has 124 valence electrons. The van der Waals surface area contributed by atoms with Crippen molar-refractivity contribution in [3.8, 4) is 5.75 Å². The summed E-state index contributed by atoms with van der Waals surface area (Å²) in [5.74, 6) is -2.38. The van der Waals surface area contributed by atoms with Gasteiger partial charge in [-0.2, -0.15) is 13.2 Å². The standard InChI is InChI=1S/C7HClF6N2O5S/c8-22(19,20)5-3(16(17)18)4(21-7(12,13)14)2(1-15-5)6(9,10)11/h1H. The second-order valence-electron chi connectivity index (χ2n) is 3.40. The Kier molecular flexibility index (Phi) is 4.49. The van der Waals surface area contributed by atoms with E-state index in [4.69, 9.17) is 10.7 Å². The van der Waals surface area contributed by atoms with Gasteiger partial charge in [0.1, 0.15) is 5.56 Å². The van der Waals surface area contributed by atoms with Gasteiger partial charge in [-0.25, -0.2) is 13.4 Å². The van der Waals surface area contributed by atoms with E-state index >= 15 is 0 Å². The Balaban J connectivity index is 3.88. The Hall–Kier alpha value is -1.83. The van der Waals surface area contributed by atoms with Gasteiger partial charge in [0, 0.05) is 16.9 Å². The van der Waals surface area contributed by atoms with Crippen molar-refractivity contribution in [1.82, 2.24) is 4.98 Å². The van der Waals surface area contributed by atoms with Gasteiger partial charge in [-0.15, -0.1) is 13.2 Å². The van der Waals surface area contributed by atoms with E-state index in [9.17, 15) is 44.9 Å². The molecule has 0 saturated heterocycles. The Morgan fingerprint density at radius 3 is 2.05 bits per heavy atom. The lowest BCUT2D eigenvalue weighted by Gasteiger charge is -2.15. The smallest absolute Gasteiger partial charge is 0.398 e. The van der Waals surface area contributed by atoms with Gasteiger partial charge in [-0.05, 0) is 0 Å². The summed E-state index contributed by atoms with van der Waals surface area (Å²) >= 11 is 0. The summed E-state index contributed by atoms with van der Waals surface area (Å²) < 4.78 is 99.3.